The molecule has 0 spiro atoms. The van der Waals surface area contributed by atoms with Gasteiger partial charge in [0.2, 0.25) is 5.91 Å². The first-order chi connectivity index (χ1) is 7.65. The fraction of sp³-hybridized carbons (Fsp3) is 0.923. The van der Waals surface area contributed by atoms with Crippen molar-refractivity contribution in [2.75, 3.05) is 0 Å². The van der Waals surface area contributed by atoms with Gasteiger partial charge in [0.1, 0.15) is 0 Å². The second kappa shape index (κ2) is 6.05. The lowest BCUT2D eigenvalue weighted by Crippen LogP contribution is -2.55. The Bertz CT molecular complexity index is 261. The zero-order chi connectivity index (χ0) is 11.6. The molecule has 1 amide bonds. The molecule has 2 unspecified atom stereocenters. The van der Waals surface area contributed by atoms with Gasteiger partial charge in [-0.3, -0.25) is 4.79 Å². The summed E-state index contributed by atoms with van der Waals surface area (Å²) in [5.41, 5.74) is 6.06. The first kappa shape index (κ1) is 14.8. The number of nitrogens with two attached hydrogens (primary N) is 1. The van der Waals surface area contributed by atoms with Crippen LogP contribution in [0.2, 0.25) is 0 Å². The van der Waals surface area contributed by atoms with Crippen molar-refractivity contribution in [3.8, 4) is 0 Å². The lowest BCUT2D eigenvalue weighted by molar-refractivity contribution is -0.129. The van der Waals surface area contributed by atoms with Crippen LogP contribution in [0, 0.1) is 5.92 Å². The summed E-state index contributed by atoms with van der Waals surface area (Å²) >= 11 is 0. The maximum Gasteiger partial charge on any atom is 0.223 e. The second-order valence-corrected chi connectivity index (χ2v) is 5.60. The summed E-state index contributed by atoms with van der Waals surface area (Å²) in [7, 11) is 0. The number of nitrogens with one attached hydrogen (secondary N) is 1. The van der Waals surface area contributed by atoms with E-state index in [4.69, 9.17) is 5.73 Å². The van der Waals surface area contributed by atoms with Gasteiger partial charge in [-0.25, -0.2) is 0 Å². The molecular formula is C13H25ClN2O. The topological polar surface area (TPSA) is 55.1 Å². The molecule has 0 heterocycles. The van der Waals surface area contributed by atoms with E-state index in [2.05, 4.69) is 12.2 Å². The Morgan fingerprint density at radius 2 is 2.06 bits per heavy atom. The molecule has 3 nitrogen and oxygen atoms in total. The van der Waals surface area contributed by atoms with E-state index in [0.29, 0.717) is 0 Å². The van der Waals surface area contributed by atoms with Gasteiger partial charge in [-0.2, -0.15) is 0 Å². The summed E-state index contributed by atoms with van der Waals surface area (Å²) in [6, 6.07) is 0.239. The minimum Gasteiger partial charge on any atom is -0.350 e. The van der Waals surface area contributed by atoms with Gasteiger partial charge in [-0.05, 0) is 44.9 Å². The van der Waals surface area contributed by atoms with E-state index in [0.717, 1.165) is 44.9 Å². The van der Waals surface area contributed by atoms with Crippen LogP contribution in [-0.4, -0.2) is 17.5 Å². The molecule has 3 N–H and O–H groups in total. The quantitative estimate of drug-likeness (QED) is 0.819. The number of hydrogen-bond acceptors (Lipinski definition) is 2. The average Bonchev–Trinajstić information content (AvgIpc) is 2.23. The van der Waals surface area contributed by atoms with Gasteiger partial charge in [0.15, 0.2) is 0 Å². The molecule has 4 heteroatoms. The Balaban J connectivity index is 0.00000144. The molecule has 2 fully saturated rings. The van der Waals surface area contributed by atoms with Crippen LogP contribution in [0.3, 0.4) is 0 Å². The summed E-state index contributed by atoms with van der Waals surface area (Å²) in [6.45, 7) is 2.17. The summed E-state index contributed by atoms with van der Waals surface area (Å²) < 4.78 is 0. The van der Waals surface area contributed by atoms with Crippen molar-refractivity contribution in [2.24, 2.45) is 11.7 Å². The van der Waals surface area contributed by atoms with Gasteiger partial charge < -0.3 is 11.1 Å². The Labute approximate surface area is 110 Å². The zero-order valence-corrected chi connectivity index (χ0v) is 11.5. The van der Waals surface area contributed by atoms with E-state index >= 15 is 0 Å². The maximum absolute atomic E-state index is 12.1. The van der Waals surface area contributed by atoms with Crippen molar-refractivity contribution in [3.05, 3.63) is 0 Å². The molecule has 2 aliphatic rings. The van der Waals surface area contributed by atoms with Gasteiger partial charge in [-0.1, -0.05) is 13.3 Å². The predicted molar refractivity (Wildman–Crippen MR) is 72.2 cm³/mol. The molecule has 100 valence electrons. The average molecular weight is 261 g/mol. The third kappa shape index (κ3) is 3.35. The maximum atomic E-state index is 12.1. The molecule has 0 radical (unpaired) electrons. The van der Waals surface area contributed by atoms with Crippen molar-refractivity contribution in [1.29, 1.82) is 0 Å². The molecule has 2 saturated carbocycles. The fourth-order valence-electron chi connectivity index (χ4n) is 3.00. The van der Waals surface area contributed by atoms with E-state index in [1.807, 2.05) is 0 Å². The molecular weight excluding hydrogens is 236 g/mol. The second-order valence-electron chi connectivity index (χ2n) is 5.60. The van der Waals surface area contributed by atoms with E-state index in [9.17, 15) is 4.79 Å². The molecule has 17 heavy (non-hydrogen) atoms. The van der Waals surface area contributed by atoms with Crippen molar-refractivity contribution in [1.82, 2.24) is 5.32 Å². The van der Waals surface area contributed by atoms with Crippen LogP contribution >= 0.6 is 12.4 Å². The molecule has 2 rings (SSSR count). The third-order valence-corrected chi connectivity index (χ3v) is 4.46. The SMILES string of the molecule is CCC1(NC(=O)C2CCCC(N)C2)CCC1.Cl. The van der Waals surface area contributed by atoms with Gasteiger partial charge in [0.25, 0.3) is 0 Å². The highest BCUT2D eigenvalue weighted by atomic mass is 35.5. The highest BCUT2D eigenvalue weighted by Gasteiger charge is 2.38. The lowest BCUT2D eigenvalue weighted by atomic mass is 9.74. The Morgan fingerprint density at radius 3 is 2.53 bits per heavy atom. The summed E-state index contributed by atoms with van der Waals surface area (Å²) in [6.07, 6.45) is 8.75. The summed E-state index contributed by atoms with van der Waals surface area (Å²) in [5.74, 6) is 0.435. The first-order valence-corrected chi connectivity index (χ1v) is 6.73. The van der Waals surface area contributed by atoms with Gasteiger partial charge in [-0.15, -0.1) is 12.4 Å². The van der Waals surface area contributed by atoms with Crippen molar-refractivity contribution < 1.29 is 4.79 Å². The van der Waals surface area contributed by atoms with Crippen molar-refractivity contribution in [3.63, 3.8) is 0 Å². The van der Waals surface area contributed by atoms with Gasteiger partial charge in [0.05, 0.1) is 0 Å². The highest BCUT2D eigenvalue weighted by molar-refractivity contribution is 5.85. The van der Waals surface area contributed by atoms with E-state index in [1.54, 1.807) is 0 Å². The third-order valence-electron chi connectivity index (χ3n) is 4.46. The minimum atomic E-state index is 0. The predicted octanol–water partition coefficient (Wildman–Crippen LogP) is 2.37. The summed E-state index contributed by atoms with van der Waals surface area (Å²) in [4.78, 5) is 12.1. The van der Waals surface area contributed by atoms with Gasteiger partial charge in [0, 0.05) is 17.5 Å². The standard InChI is InChI=1S/C13H24N2O.ClH/c1-2-13(7-4-8-13)15-12(16)10-5-3-6-11(14)9-10;/h10-11H,2-9,14H2,1H3,(H,15,16);1H. The van der Waals surface area contributed by atoms with E-state index in [-0.39, 0.29) is 35.8 Å². The van der Waals surface area contributed by atoms with E-state index < -0.39 is 0 Å². The van der Waals surface area contributed by atoms with Crippen LogP contribution in [0.5, 0.6) is 0 Å². The number of carbonyl (C=O) groups excluding carboxylic acids is 1. The minimum absolute atomic E-state index is 0. The van der Waals surface area contributed by atoms with Crippen molar-refractivity contribution >= 4 is 18.3 Å². The molecule has 0 aromatic rings. The molecule has 0 bridgehead atoms. The van der Waals surface area contributed by atoms with Crippen LogP contribution in [0.25, 0.3) is 0 Å². The Morgan fingerprint density at radius 1 is 1.35 bits per heavy atom. The van der Waals surface area contributed by atoms with Gasteiger partial charge >= 0.3 is 0 Å². The Hall–Kier alpha value is -0.280. The summed E-state index contributed by atoms with van der Waals surface area (Å²) in [5, 5.41) is 3.28. The first-order valence-electron chi connectivity index (χ1n) is 6.73. The zero-order valence-electron chi connectivity index (χ0n) is 10.7. The highest BCUT2D eigenvalue weighted by Crippen LogP contribution is 2.35. The normalized spacial score (nSPS) is 30.9. The molecule has 0 aromatic carbocycles. The monoisotopic (exact) mass is 260 g/mol. The van der Waals surface area contributed by atoms with Crippen LogP contribution in [-0.2, 0) is 4.79 Å². The number of rotatable bonds is 3. The molecule has 0 saturated heterocycles. The lowest BCUT2D eigenvalue weighted by Gasteiger charge is -2.43. The number of amides is 1. The molecule has 0 aliphatic heterocycles. The number of hydrogen-bond donors (Lipinski definition) is 2. The van der Waals surface area contributed by atoms with Crippen molar-refractivity contribution in [2.45, 2.75) is 69.9 Å². The fourth-order valence-corrected chi connectivity index (χ4v) is 3.00. The van der Waals surface area contributed by atoms with Crippen LogP contribution in [0.15, 0.2) is 0 Å². The van der Waals surface area contributed by atoms with Crippen LogP contribution < -0.4 is 11.1 Å². The number of carbonyl (C=O) groups is 1. The largest absolute Gasteiger partial charge is 0.350 e. The van der Waals surface area contributed by atoms with E-state index in [1.165, 1.54) is 6.42 Å². The molecule has 2 aliphatic carbocycles. The molecule has 2 atom stereocenters. The molecule has 0 aromatic heterocycles. The number of halogens is 1. The Kier molecular flexibility index (Phi) is 5.26. The van der Waals surface area contributed by atoms with Crippen LogP contribution in [0.1, 0.15) is 58.3 Å². The van der Waals surface area contributed by atoms with Crippen LogP contribution in [0.4, 0.5) is 0 Å². The smallest absolute Gasteiger partial charge is 0.223 e.